The highest BCUT2D eigenvalue weighted by Crippen LogP contribution is 2.33. The van der Waals surface area contributed by atoms with E-state index in [2.05, 4.69) is 18.9 Å². The molecule has 0 saturated heterocycles. The van der Waals surface area contributed by atoms with Gasteiger partial charge in [0.1, 0.15) is 5.75 Å². The molecule has 1 N–H and O–H groups in total. The van der Waals surface area contributed by atoms with E-state index in [-0.39, 0.29) is 0 Å². The molecule has 0 bridgehead atoms. The Kier molecular flexibility index (Phi) is 5.26. The maximum atomic E-state index is 10.5. The van der Waals surface area contributed by atoms with Crippen molar-refractivity contribution in [2.24, 2.45) is 0 Å². The number of hydrogen-bond acceptors (Lipinski definition) is 3. The molecule has 1 aromatic carbocycles. The van der Waals surface area contributed by atoms with Crippen LogP contribution in [-0.4, -0.2) is 22.0 Å². The summed E-state index contributed by atoms with van der Waals surface area (Å²) in [6.45, 7) is 4.24. The minimum absolute atomic E-state index is 0.353. The average molecular weight is 309 g/mol. The van der Waals surface area contributed by atoms with Crippen LogP contribution in [0.4, 0.5) is 0 Å². The van der Waals surface area contributed by atoms with Crippen LogP contribution in [0.15, 0.2) is 30.5 Å². The normalized spacial score (nSPS) is 14.0. The fourth-order valence-corrected chi connectivity index (χ4v) is 2.53. The first kappa shape index (κ1) is 15.9. The van der Waals surface area contributed by atoms with Gasteiger partial charge in [-0.3, -0.25) is 4.68 Å². The Morgan fingerprint density at radius 1 is 1.38 bits per heavy atom. The lowest BCUT2D eigenvalue weighted by molar-refractivity contribution is 0.172. The Hall–Kier alpha value is -1.52. The third-order valence-corrected chi connectivity index (χ3v) is 4.00. The highest BCUT2D eigenvalue weighted by molar-refractivity contribution is 6.31. The predicted octanol–water partition coefficient (Wildman–Crippen LogP) is 3.79. The molecule has 4 nitrogen and oxygen atoms in total. The molecule has 5 heteroatoms. The van der Waals surface area contributed by atoms with E-state index in [9.17, 15) is 5.11 Å². The van der Waals surface area contributed by atoms with Crippen LogP contribution in [0.1, 0.15) is 43.7 Å². The van der Waals surface area contributed by atoms with E-state index in [1.165, 1.54) is 0 Å². The Bertz CT molecular complexity index is 598. The molecular formula is C16H21ClN2O2. The third kappa shape index (κ3) is 3.57. The lowest BCUT2D eigenvalue weighted by Crippen LogP contribution is -2.08. The zero-order valence-corrected chi connectivity index (χ0v) is 13.3. The van der Waals surface area contributed by atoms with Gasteiger partial charge in [-0.1, -0.05) is 24.6 Å². The maximum Gasteiger partial charge on any atom is 0.126 e. The quantitative estimate of drug-likeness (QED) is 0.883. The summed E-state index contributed by atoms with van der Waals surface area (Å²) in [7, 11) is 1.57. The van der Waals surface area contributed by atoms with Gasteiger partial charge in [-0.15, -0.1) is 0 Å². The minimum atomic E-state index is -0.742. The van der Waals surface area contributed by atoms with E-state index in [0.717, 1.165) is 12.1 Å². The van der Waals surface area contributed by atoms with Crippen molar-refractivity contribution < 1.29 is 9.84 Å². The largest absolute Gasteiger partial charge is 0.496 e. The van der Waals surface area contributed by atoms with Gasteiger partial charge in [-0.05, 0) is 31.5 Å². The number of rotatable bonds is 6. The highest BCUT2D eigenvalue weighted by atomic mass is 35.5. The van der Waals surface area contributed by atoms with Crippen molar-refractivity contribution >= 4 is 11.6 Å². The van der Waals surface area contributed by atoms with Crippen LogP contribution in [0.25, 0.3) is 0 Å². The lowest BCUT2D eigenvalue weighted by Gasteiger charge is -2.15. The molecule has 0 fully saturated rings. The van der Waals surface area contributed by atoms with Crippen molar-refractivity contribution in [1.29, 1.82) is 0 Å². The average Bonchev–Trinajstić information content (AvgIpc) is 2.94. The van der Waals surface area contributed by atoms with Crippen LogP contribution in [-0.2, 0) is 6.42 Å². The van der Waals surface area contributed by atoms with E-state index in [0.29, 0.717) is 28.8 Å². The van der Waals surface area contributed by atoms with Crippen molar-refractivity contribution in [3.63, 3.8) is 0 Å². The molecule has 2 aromatic rings. The summed E-state index contributed by atoms with van der Waals surface area (Å²) in [6, 6.07) is 7.63. The SMILES string of the molecule is CCC(C)n1ccc(CC(O)c2c(Cl)cccc2OC)n1. The first-order valence-electron chi connectivity index (χ1n) is 7.11. The summed E-state index contributed by atoms with van der Waals surface area (Å²) >= 11 is 6.18. The second kappa shape index (κ2) is 6.96. The second-order valence-corrected chi connectivity index (χ2v) is 5.53. The summed E-state index contributed by atoms with van der Waals surface area (Å²) < 4.78 is 7.20. The van der Waals surface area contributed by atoms with Gasteiger partial charge in [-0.25, -0.2) is 0 Å². The van der Waals surface area contributed by atoms with Gasteiger partial charge in [-0.2, -0.15) is 5.10 Å². The molecule has 1 aromatic heterocycles. The molecule has 1 heterocycles. The van der Waals surface area contributed by atoms with Crippen molar-refractivity contribution in [2.75, 3.05) is 7.11 Å². The van der Waals surface area contributed by atoms with E-state index in [1.54, 1.807) is 25.3 Å². The Morgan fingerprint density at radius 3 is 2.81 bits per heavy atom. The van der Waals surface area contributed by atoms with E-state index in [1.807, 2.05) is 16.9 Å². The van der Waals surface area contributed by atoms with Crippen LogP contribution >= 0.6 is 11.6 Å². The molecule has 2 unspecified atom stereocenters. The third-order valence-electron chi connectivity index (χ3n) is 3.67. The summed E-state index contributed by atoms with van der Waals surface area (Å²) in [5, 5.41) is 15.5. The van der Waals surface area contributed by atoms with Crippen molar-refractivity contribution in [3.05, 3.63) is 46.7 Å². The summed E-state index contributed by atoms with van der Waals surface area (Å²) in [5.74, 6) is 0.594. The standard InChI is InChI=1S/C16H21ClN2O2/c1-4-11(2)19-9-8-12(18-19)10-14(20)16-13(17)6-5-7-15(16)21-3/h5-9,11,14,20H,4,10H2,1-3H3. The second-order valence-electron chi connectivity index (χ2n) is 5.12. The molecule has 0 saturated carbocycles. The van der Waals surface area contributed by atoms with Gasteiger partial charge in [0.2, 0.25) is 0 Å². The van der Waals surface area contributed by atoms with E-state index in [4.69, 9.17) is 16.3 Å². The zero-order valence-electron chi connectivity index (χ0n) is 12.6. The fraction of sp³-hybridized carbons (Fsp3) is 0.438. The number of aromatic nitrogens is 2. The molecule has 0 spiro atoms. The minimum Gasteiger partial charge on any atom is -0.496 e. The van der Waals surface area contributed by atoms with Crippen LogP contribution in [0.2, 0.25) is 5.02 Å². The van der Waals surface area contributed by atoms with Gasteiger partial charge < -0.3 is 9.84 Å². The molecule has 0 aliphatic rings. The Labute approximate surface area is 130 Å². The molecule has 21 heavy (non-hydrogen) atoms. The fourth-order valence-electron chi connectivity index (χ4n) is 2.24. The number of aliphatic hydroxyl groups is 1. The first-order valence-corrected chi connectivity index (χ1v) is 7.49. The summed E-state index contributed by atoms with van der Waals surface area (Å²) in [4.78, 5) is 0. The number of ether oxygens (including phenoxy) is 1. The molecule has 114 valence electrons. The molecular weight excluding hydrogens is 288 g/mol. The molecule has 2 rings (SSSR count). The van der Waals surface area contributed by atoms with E-state index < -0.39 is 6.10 Å². The van der Waals surface area contributed by atoms with Crippen molar-refractivity contribution in [3.8, 4) is 5.75 Å². The number of hydrogen-bond donors (Lipinski definition) is 1. The molecule has 0 aliphatic heterocycles. The highest BCUT2D eigenvalue weighted by Gasteiger charge is 2.19. The number of halogens is 1. The van der Waals surface area contributed by atoms with E-state index >= 15 is 0 Å². The molecule has 0 aliphatic carbocycles. The zero-order chi connectivity index (χ0) is 15.4. The molecule has 2 atom stereocenters. The Morgan fingerprint density at radius 2 is 2.14 bits per heavy atom. The monoisotopic (exact) mass is 308 g/mol. The summed E-state index contributed by atoms with van der Waals surface area (Å²) in [6.07, 6.45) is 2.62. The van der Waals surface area contributed by atoms with Crippen LogP contribution in [0, 0.1) is 0 Å². The van der Waals surface area contributed by atoms with Gasteiger partial charge in [0, 0.05) is 24.2 Å². The number of methoxy groups -OCH3 is 1. The smallest absolute Gasteiger partial charge is 0.126 e. The van der Waals surface area contributed by atoms with Gasteiger partial charge >= 0.3 is 0 Å². The number of aliphatic hydroxyl groups excluding tert-OH is 1. The van der Waals surface area contributed by atoms with Crippen molar-refractivity contribution in [2.45, 2.75) is 38.8 Å². The maximum absolute atomic E-state index is 10.5. The van der Waals surface area contributed by atoms with Crippen molar-refractivity contribution in [1.82, 2.24) is 9.78 Å². The van der Waals surface area contributed by atoms with Crippen LogP contribution in [0.5, 0.6) is 5.75 Å². The topological polar surface area (TPSA) is 47.3 Å². The molecule has 0 radical (unpaired) electrons. The van der Waals surface area contributed by atoms with Gasteiger partial charge in [0.15, 0.2) is 0 Å². The number of nitrogens with zero attached hydrogens (tertiary/aromatic N) is 2. The predicted molar refractivity (Wildman–Crippen MR) is 83.9 cm³/mol. The van der Waals surface area contributed by atoms with Gasteiger partial charge in [0.05, 0.1) is 23.9 Å². The van der Waals surface area contributed by atoms with Crippen LogP contribution in [0.3, 0.4) is 0 Å². The number of benzene rings is 1. The Balaban J connectivity index is 2.18. The summed E-state index contributed by atoms with van der Waals surface area (Å²) in [5.41, 5.74) is 1.45. The van der Waals surface area contributed by atoms with Gasteiger partial charge in [0.25, 0.3) is 0 Å². The molecule has 0 amide bonds. The van der Waals surface area contributed by atoms with Crippen LogP contribution < -0.4 is 4.74 Å². The first-order chi connectivity index (χ1) is 10.1. The lowest BCUT2D eigenvalue weighted by atomic mass is 10.0.